The third-order valence-corrected chi connectivity index (χ3v) is 6.00. The Bertz CT molecular complexity index is 818. The van der Waals surface area contributed by atoms with Gasteiger partial charge in [0.05, 0.1) is 12.0 Å². The highest BCUT2D eigenvalue weighted by atomic mass is 79.9. The minimum absolute atomic E-state index is 0.197. The summed E-state index contributed by atoms with van der Waals surface area (Å²) in [6, 6.07) is 5.46. The van der Waals surface area contributed by atoms with Crippen molar-refractivity contribution < 1.29 is 19.2 Å². The van der Waals surface area contributed by atoms with Gasteiger partial charge in [-0.25, -0.2) is 0 Å². The molecule has 150 valence electrons. The molecule has 1 heterocycles. The van der Waals surface area contributed by atoms with Crippen LogP contribution in [0.25, 0.3) is 0 Å². The summed E-state index contributed by atoms with van der Waals surface area (Å²) < 4.78 is 0.909. The van der Waals surface area contributed by atoms with E-state index in [4.69, 9.17) is 0 Å². The zero-order valence-corrected chi connectivity index (χ0v) is 17.4. The SMILES string of the molecule is Cc1cc(Br)ccc1NC(=O)CNC(=O)CN1C(=O)CC2(CCCCC2)C1=O. The fourth-order valence-electron chi connectivity index (χ4n) is 3.98. The van der Waals surface area contributed by atoms with Crippen molar-refractivity contribution in [3.05, 3.63) is 28.2 Å². The highest BCUT2D eigenvalue weighted by Crippen LogP contribution is 2.45. The van der Waals surface area contributed by atoms with Crippen molar-refractivity contribution >= 4 is 45.2 Å². The Balaban J connectivity index is 1.50. The van der Waals surface area contributed by atoms with Crippen LogP contribution in [0.2, 0.25) is 0 Å². The molecular weight excluding hydrogens is 426 g/mol. The van der Waals surface area contributed by atoms with Crippen LogP contribution in [0.3, 0.4) is 0 Å². The fourth-order valence-corrected chi connectivity index (χ4v) is 4.45. The number of nitrogens with zero attached hydrogens (tertiary/aromatic N) is 1. The number of amides is 4. The van der Waals surface area contributed by atoms with Crippen molar-refractivity contribution in [3.63, 3.8) is 0 Å². The van der Waals surface area contributed by atoms with Crippen LogP contribution in [0.5, 0.6) is 0 Å². The molecule has 1 aromatic rings. The molecule has 4 amide bonds. The van der Waals surface area contributed by atoms with Crippen LogP contribution in [-0.2, 0) is 19.2 Å². The average molecular weight is 450 g/mol. The first-order chi connectivity index (χ1) is 13.3. The maximum atomic E-state index is 12.7. The topological polar surface area (TPSA) is 95.6 Å². The van der Waals surface area contributed by atoms with Gasteiger partial charge in [-0.2, -0.15) is 0 Å². The number of rotatable bonds is 5. The third-order valence-electron chi connectivity index (χ3n) is 5.51. The van der Waals surface area contributed by atoms with E-state index in [1.807, 2.05) is 19.1 Å². The Morgan fingerprint density at radius 2 is 1.86 bits per heavy atom. The number of carbonyl (C=O) groups excluding carboxylic acids is 4. The number of halogens is 1. The summed E-state index contributed by atoms with van der Waals surface area (Å²) in [5.74, 6) is -1.42. The van der Waals surface area contributed by atoms with E-state index >= 15 is 0 Å². The number of nitrogens with one attached hydrogen (secondary N) is 2. The fraction of sp³-hybridized carbons (Fsp3) is 0.500. The largest absolute Gasteiger partial charge is 0.345 e. The van der Waals surface area contributed by atoms with Crippen molar-refractivity contribution in [2.75, 3.05) is 18.4 Å². The molecule has 1 aliphatic carbocycles. The van der Waals surface area contributed by atoms with Crippen molar-refractivity contribution in [2.45, 2.75) is 45.4 Å². The van der Waals surface area contributed by atoms with Gasteiger partial charge in [0.25, 0.3) is 0 Å². The molecule has 1 aliphatic heterocycles. The second-order valence-electron chi connectivity index (χ2n) is 7.59. The van der Waals surface area contributed by atoms with Gasteiger partial charge in [-0.05, 0) is 43.5 Å². The molecule has 0 atom stereocenters. The Labute approximate surface area is 172 Å². The lowest BCUT2D eigenvalue weighted by Crippen LogP contribution is -2.44. The molecule has 7 nitrogen and oxygen atoms in total. The highest BCUT2D eigenvalue weighted by molar-refractivity contribution is 9.10. The summed E-state index contributed by atoms with van der Waals surface area (Å²) in [7, 11) is 0. The van der Waals surface area contributed by atoms with Crippen LogP contribution in [0.4, 0.5) is 5.69 Å². The number of hydrogen-bond donors (Lipinski definition) is 2. The van der Waals surface area contributed by atoms with Gasteiger partial charge in [0.1, 0.15) is 6.54 Å². The zero-order valence-electron chi connectivity index (χ0n) is 15.8. The number of imide groups is 1. The van der Waals surface area contributed by atoms with Crippen LogP contribution < -0.4 is 10.6 Å². The molecule has 2 aliphatic rings. The molecule has 0 bridgehead atoms. The van der Waals surface area contributed by atoms with Crippen LogP contribution in [-0.4, -0.2) is 41.6 Å². The molecule has 28 heavy (non-hydrogen) atoms. The molecule has 1 aromatic carbocycles. The molecule has 0 unspecified atom stereocenters. The smallest absolute Gasteiger partial charge is 0.243 e. The van der Waals surface area contributed by atoms with E-state index in [2.05, 4.69) is 26.6 Å². The molecule has 3 rings (SSSR count). The van der Waals surface area contributed by atoms with E-state index in [1.165, 1.54) is 0 Å². The third kappa shape index (κ3) is 4.43. The van der Waals surface area contributed by atoms with Crippen molar-refractivity contribution in [3.8, 4) is 0 Å². The molecule has 0 aromatic heterocycles. The van der Waals surface area contributed by atoms with Gasteiger partial charge in [-0.15, -0.1) is 0 Å². The van der Waals surface area contributed by atoms with E-state index in [9.17, 15) is 19.2 Å². The average Bonchev–Trinajstić information content (AvgIpc) is 2.87. The molecule has 0 radical (unpaired) electrons. The first kappa shape index (κ1) is 20.5. The Hall–Kier alpha value is -2.22. The summed E-state index contributed by atoms with van der Waals surface area (Å²) >= 11 is 3.36. The zero-order chi connectivity index (χ0) is 20.3. The number of likely N-dealkylation sites (tertiary alicyclic amines) is 1. The summed E-state index contributed by atoms with van der Waals surface area (Å²) in [5, 5.41) is 5.22. The minimum Gasteiger partial charge on any atom is -0.345 e. The lowest BCUT2D eigenvalue weighted by atomic mass is 9.73. The first-order valence-electron chi connectivity index (χ1n) is 9.48. The standard InChI is InChI=1S/C20H24BrN3O4/c1-13-9-14(21)5-6-15(13)23-16(25)11-22-17(26)12-24-18(27)10-20(19(24)28)7-3-2-4-8-20/h5-6,9H,2-4,7-8,10-12H2,1H3,(H,22,26)(H,23,25). The van der Waals surface area contributed by atoms with Crippen molar-refractivity contribution in [1.82, 2.24) is 10.2 Å². The summed E-state index contributed by atoms with van der Waals surface area (Å²) in [6.45, 7) is 1.31. The van der Waals surface area contributed by atoms with Gasteiger partial charge >= 0.3 is 0 Å². The van der Waals surface area contributed by atoms with Crippen molar-refractivity contribution in [1.29, 1.82) is 0 Å². The van der Waals surface area contributed by atoms with Gasteiger partial charge in [0.15, 0.2) is 0 Å². The Morgan fingerprint density at radius 1 is 1.14 bits per heavy atom. The van der Waals surface area contributed by atoms with E-state index in [1.54, 1.807) is 6.07 Å². The van der Waals surface area contributed by atoms with Crippen LogP contribution in [0, 0.1) is 12.3 Å². The summed E-state index contributed by atoms with van der Waals surface area (Å²) in [6.07, 6.45) is 4.58. The number of benzene rings is 1. The number of carbonyl (C=O) groups is 4. The molecular formula is C20H24BrN3O4. The van der Waals surface area contributed by atoms with Crippen molar-refractivity contribution in [2.24, 2.45) is 5.41 Å². The predicted molar refractivity (Wildman–Crippen MR) is 107 cm³/mol. The van der Waals surface area contributed by atoms with Gasteiger partial charge in [-0.1, -0.05) is 35.2 Å². The lowest BCUT2D eigenvalue weighted by Gasteiger charge is -2.30. The molecule has 8 heteroatoms. The van der Waals surface area contributed by atoms with Gasteiger partial charge < -0.3 is 10.6 Å². The highest BCUT2D eigenvalue weighted by Gasteiger charge is 2.51. The minimum atomic E-state index is -0.605. The normalized spacial score (nSPS) is 18.4. The Kier molecular flexibility index (Phi) is 6.17. The predicted octanol–water partition coefficient (Wildman–Crippen LogP) is 2.52. The second-order valence-corrected chi connectivity index (χ2v) is 8.50. The molecule has 1 saturated carbocycles. The number of hydrogen-bond acceptors (Lipinski definition) is 4. The van der Waals surface area contributed by atoms with Gasteiger partial charge in [0, 0.05) is 16.6 Å². The summed E-state index contributed by atoms with van der Waals surface area (Å²) in [5.41, 5.74) is 0.943. The van der Waals surface area contributed by atoms with Crippen LogP contribution in [0.15, 0.2) is 22.7 Å². The van der Waals surface area contributed by atoms with Gasteiger partial charge in [0.2, 0.25) is 23.6 Å². The van der Waals surface area contributed by atoms with E-state index in [0.29, 0.717) is 18.5 Å². The quantitative estimate of drug-likeness (QED) is 0.674. The van der Waals surface area contributed by atoms with Crippen LogP contribution >= 0.6 is 15.9 Å². The van der Waals surface area contributed by atoms with Gasteiger partial charge in [-0.3, -0.25) is 24.1 Å². The van der Waals surface area contributed by atoms with E-state index in [0.717, 1.165) is 34.2 Å². The lowest BCUT2D eigenvalue weighted by molar-refractivity contribution is -0.145. The number of aryl methyl sites for hydroxylation is 1. The maximum absolute atomic E-state index is 12.7. The van der Waals surface area contributed by atoms with Crippen LogP contribution in [0.1, 0.15) is 44.1 Å². The molecule has 2 fully saturated rings. The first-order valence-corrected chi connectivity index (χ1v) is 10.3. The number of anilines is 1. The van der Waals surface area contributed by atoms with E-state index in [-0.39, 0.29) is 37.2 Å². The molecule has 1 saturated heterocycles. The molecule has 1 spiro atoms. The molecule has 2 N–H and O–H groups in total. The maximum Gasteiger partial charge on any atom is 0.243 e. The Morgan fingerprint density at radius 3 is 2.54 bits per heavy atom. The van der Waals surface area contributed by atoms with E-state index < -0.39 is 11.3 Å². The second kappa shape index (κ2) is 8.43. The monoisotopic (exact) mass is 449 g/mol. The summed E-state index contributed by atoms with van der Waals surface area (Å²) in [4.78, 5) is 50.3.